The summed E-state index contributed by atoms with van der Waals surface area (Å²) in [6.45, 7) is 5.26. The Morgan fingerprint density at radius 3 is 2.79 bits per heavy atom. The van der Waals surface area contributed by atoms with Crippen molar-refractivity contribution in [2.75, 3.05) is 24.7 Å². The van der Waals surface area contributed by atoms with Crippen LogP contribution in [0.3, 0.4) is 0 Å². The van der Waals surface area contributed by atoms with Crippen LogP contribution >= 0.6 is 23.1 Å². The smallest absolute Gasteiger partial charge is 0.256 e. The predicted molar refractivity (Wildman–Crippen MR) is 101 cm³/mol. The number of hydrogen-bond acceptors (Lipinski definition) is 5. The van der Waals surface area contributed by atoms with Crippen molar-refractivity contribution in [1.82, 2.24) is 10.2 Å². The summed E-state index contributed by atoms with van der Waals surface area (Å²) in [5, 5.41) is 7.68. The van der Waals surface area contributed by atoms with Gasteiger partial charge >= 0.3 is 0 Å². The molecule has 0 saturated heterocycles. The molecule has 24 heavy (non-hydrogen) atoms. The second kappa shape index (κ2) is 6.43. The maximum atomic E-state index is 12.7. The molecule has 0 bridgehead atoms. The summed E-state index contributed by atoms with van der Waals surface area (Å²) in [6, 6.07) is 8.37. The Kier molecular flexibility index (Phi) is 4.28. The molecule has 4 rings (SSSR count). The highest BCUT2D eigenvalue weighted by molar-refractivity contribution is 7.98. The molecule has 0 aliphatic carbocycles. The first-order chi connectivity index (χ1) is 11.7. The van der Waals surface area contributed by atoms with Gasteiger partial charge in [-0.05, 0) is 42.5 Å². The lowest BCUT2D eigenvalue weighted by atomic mass is 10.0. The molecule has 6 heteroatoms. The third-order valence-electron chi connectivity index (χ3n) is 4.81. The summed E-state index contributed by atoms with van der Waals surface area (Å²) in [4.78, 5) is 17.7. The van der Waals surface area contributed by atoms with E-state index in [0.717, 1.165) is 42.2 Å². The van der Waals surface area contributed by atoms with Crippen LogP contribution in [0.4, 0.5) is 5.00 Å². The van der Waals surface area contributed by atoms with Gasteiger partial charge in [-0.3, -0.25) is 9.69 Å². The normalized spacial score (nSPS) is 20.1. The number of nitrogens with one attached hydrogen (secondary N) is 2. The Labute approximate surface area is 150 Å². The first-order valence-electron chi connectivity index (χ1n) is 8.28. The van der Waals surface area contributed by atoms with Crippen molar-refractivity contribution in [3.8, 4) is 0 Å². The molecule has 1 amide bonds. The van der Waals surface area contributed by atoms with E-state index in [9.17, 15) is 4.79 Å². The molecule has 0 radical (unpaired) electrons. The van der Waals surface area contributed by atoms with Gasteiger partial charge in [0.1, 0.15) is 11.2 Å². The van der Waals surface area contributed by atoms with E-state index in [-0.39, 0.29) is 12.1 Å². The maximum absolute atomic E-state index is 12.7. The Balaban J connectivity index is 1.63. The van der Waals surface area contributed by atoms with E-state index in [1.807, 2.05) is 0 Å². The minimum absolute atomic E-state index is 0.0603. The zero-order chi connectivity index (χ0) is 16.7. The molecule has 1 atom stereocenters. The van der Waals surface area contributed by atoms with Crippen LogP contribution in [0.25, 0.3) is 0 Å². The second-order valence-electron chi connectivity index (χ2n) is 6.15. The van der Waals surface area contributed by atoms with Crippen molar-refractivity contribution in [1.29, 1.82) is 0 Å². The fourth-order valence-electron chi connectivity index (χ4n) is 3.40. The number of thiophene rings is 1. The number of nitrogens with zero attached hydrogens (tertiary/aromatic N) is 1. The minimum Gasteiger partial charge on any atom is -0.353 e. The molecule has 126 valence electrons. The van der Waals surface area contributed by atoms with Gasteiger partial charge < -0.3 is 10.6 Å². The van der Waals surface area contributed by atoms with Gasteiger partial charge in [0, 0.05) is 22.9 Å². The monoisotopic (exact) mass is 359 g/mol. The molecule has 0 saturated carbocycles. The molecule has 1 aromatic heterocycles. The average molecular weight is 360 g/mol. The van der Waals surface area contributed by atoms with E-state index in [1.54, 1.807) is 23.1 Å². The van der Waals surface area contributed by atoms with Gasteiger partial charge in [-0.25, -0.2) is 0 Å². The van der Waals surface area contributed by atoms with Crippen molar-refractivity contribution < 1.29 is 4.79 Å². The van der Waals surface area contributed by atoms with Gasteiger partial charge in [0.05, 0.1) is 5.56 Å². The molecule has 2 aliphatic heterocycles. The number of carbonyl (C=O) groups is 1. The van der Waals surface area contributed by atoms with Crippen LogP contribution in [-0.2, 0) is 13.0 Å². The average Bonchev–Trinajstić information content (AvgIpc) is 2.99. The number of anilines is 1. The molecular formula is C18H21N3OS2. The van der Waals surface area contributed by atoms with Crippen LogP contribution in [0.15, 0.2) is 29.2 Å². The Hall–Kier alpha value is -1.50. The summed E-state index contributed by atoms with van der Waals surface area (Å²) >= 11 is 3.47. The molecule has 0 fully saturated rings. The van der Waals surface area contributed by atoms with Crippen LogP contribution in [0, 0.1) is 0 Å². The topological polar surface area (TPSA) is 44.4 Å². The number of hydrogen-bond donors (Lipinski definition) is 2. The summed E-state index contributed by atoms with van der Waals surface area (Å²) in [5.74, 6) is 0.0603. The van der Waals surface area contributed by atoms with Gasteiger partial charge in [0.2, 0.25) is 0 Å². The maximum Gasteiger partial charge on any atom is 0.256 e. The van der Waals surface area contributed by atoms with E-state index in [2.05, 4.69) is 53.0 Å². The van der Waals surface area contributed by atoms with Crippen molar-refractivity contribution in [3.05, 3.63) is 45.8 Å². The number of fused-ring (bicyclic) bond motifs is 3. The van der Waals surface area contributed by atoms with Gasteiger partial charge in [-0.15, -0.1) is 23.1 Å². The van der Waals surface area contributed by atoms with E-state index in [4.69, 9.17) is 0 Å². The third-order valence-corrected chi connectivity index (χ3v) is 6.70. The molecule has 0 spiro atoms. The predicted octanol–water partition coefficient (Wildman–Crippen LogP) is 3.70. The molecule has 4 nitrogen and oxygen atoms in total. The van der Waals surface area contributed by atoms with E-state index >= 15 is 0 Å². The molecule has 2 aliphatic rings. The lowest BCUT2D eigenvalue weighted by Gasteiger charge is -2.28. The van der Waals surface area contributed by atoms with Crippen molar-refractivity contribution >= 4 is 34.0 Å². The quantitative estimate of drug-likeness (QED) is 0.820. The van der Waals surface area contributed by atoms with E-state index < -0.39 is 0 Å². The van der Waals surface area contributed by atoms with Crippen molar-refractivity contribution in [3.63, 3.8) is 0 Å². The fourth-order valence-corrected chi connectivity index (χ4v) is 5.13. The first-order valence-corrected chi connectivity index (χ1v) is 10.3. The molecule has 3 heterocycles. The lowest BCUT2D eigenvalue weighted by molar-refractivity contribution is 0.0934. The number of amides is 1. The SMILES string of the molecule is CCN1CCc2c(sc3c2C(=O)N[C@@H](c2ccc(SC)cc2)N3)C1. The Bertz CT molecular complexity index is 769. The highest BCUT2D eigenvalue weighted by Crippen LogP contribution is 2.40. The van der Waals surface area contributed by atoms with E-state index in [1.165, 1.54) is 15.3 Å². The molecule has 1 aromatic carbocycles. The number of likely N-dealkylation sites (N-methyl/N-ethyl adjacent to an activating group) is 1. The number of thioether (sulfide) groups is 1. The lowest BCUT2D eigenvalue weighted by Crippen LogP contribution is -2.38. The van der Waals surface area contributed by atoms with E-state index in [0.29, 0.717) is 0 Å². The van der Waals surface area contributed by atoms with Crippen LogP contribution in [0.2, 0.25) is 0 Å². The van der Waals surface area contributed by atoms with Crippen LogP contribution in [0.5, 0.6) is 0 Å². The summed E-state index contributed by atoms with van der Waals surface area (Å²) in [7, 11) is 0. The van der Waals surface area contributed by atoms with Gasteiger partial charge in [-0.1, -0.05) is 19.1 Å². The third kappa shape index (κ3) is 2.72. The largest absolute Gasteiger partial charge is 0.353 e. The molecule has 0 unspecified atom stereocenters. The zero-order valence-corrected chi connectivity index (χ0v) is 15.5. The molecular weight excluding hydrogens is 338 g/mol. The van der Waals surface area contributed by atoms with Crippen molar-refractivity contribution in [2.45, 2.75) is 31.0 Å². The first kappa shape index (κ1) is 16.0. The van der Waals surface area contributed by atoms with Crippen molar-refractivity contribution in [2.24, 2.45) is 0 Å². The Morgan fingerprint density at radius 2 is 2.08 bits per heavy atom. The molecule has 2 N–H and O–H groups in total. The fraction of sp³-hybridized carbons (Fsp3) is 0.389. The van der Waals surface area contributed by atoms with Gasteiger partial charge in [-0.2, -0.15) is 0 Å². The van der Waals surface area contributed by atoms with Crippen LogP contribution < -0.4 is 10.6 Å². The number of rotatable bonds is 3. The number of benzene rings is 1. The summed E-state index contributed by atoms with van der Waals surface area (Å²) in [5.41, 5.74) is 3.22. The summed E-state index contributed by atoms with van der Waals surface area (Å²) in [6.07, 6.45) is 2.89. The van der Waals surface area contributed by atoms with Crippen LogP contribution in [0.1, 0.15) is 39.5 Å². The standard InChI is InChI=1S/C18H21N3OS2/c1-3-21-9-8-13-14(10-21)24-18-15(13)17(22)19-16(20-18)11-4-6-12(23-2)7-5-11/h4-7,16,20H,3,8-10H2,1-2H3,(H,19,22)/t16-/m1/s1. The zero-order valence-electron chi connectivity index (χ0n) is 13.9. The van der Waals surface area contributed by atoms with Crippen LogP contribution in [-0.4, -0.2) is 30.2 Å². The van der Waals surface area contributed by atoms with Gasteiger partial charge in [0.15, 0.2) is 0 Å². The highest BCUT2D eigenvalue weighted by Gasteiger charge is 2.32. The minimum atomic E-state index is -0.150. The second-order valence-corrected chi connectivity index (χ2v) is 8.14. The number of carbonyl (C=O) groups excluding carboxylic acids is 1. The summed E-state index contributed by atoms with van der Waals surface area (Å²) < 4.78 is 0. The Morgan fingerprint density at radius 1 is 1.29 bits per heavy atom. The van der Waals surface area contributed by atoms with Gasteiger partial charge in [0.25, 0.3) is 5.91 Å². The highest BCUT2D eigenvalue weighted by atomic mass is 32.2. The molecule has 2 aromatic rings.